The van der Waals surface area contributed by atoms with E-state index in [0.717, 1.165) is 24.3 Å². The van der Waals surface area contributed by atoms with Gasteiger partial charge >= 0.3 is 0 Å². The number of nitrogens with zero attached hydrogens (tertiary/aromatic N) is 4. The maximum atomic E-state index is 9.08. The quantitative estimate of drug-likeness (QED) is 0.824. The highest BCUT2D eigenvalue weighted by Gasteiger charge is 2.08. The van der Waals surface area contributed by atoms with Crippen LogP contribution in [0.3, 0.4) is 0 Å². The maximum absolute atomic E-state index is 9.08. The van der Waals surface area contributed by atoms with Crippen molar-refractivity contribution in [3.63, 3.8) is 0 Å². The van der Waals surface area contributed by atoms with E-state index < -0.39 is 0 Å². The van der Waals surface area contributed by atoms with Crippen LogP contribution < -0.4 is 4.90 Å². The second kappa shape index (κ2) is 5.37. The molecule has 0 saturated carbocycles. The highest BCUT2D eigenvalue weighted by atomic mass is 15.3. The Labute approximate surface area is 107 Å². The van der Waals surface area contributed by atoms with Crippen molar-refractivity contribution in [3.05, 3.63) is 47.8 Å². The van der Waals surface area contributed by atoms with E-state index in [2.05, 4.69) is 23.0 Å². The Hall–Kier alpha value is -2.28. The fourth-order valence-electron chi connectivity index (χ4n) is 1.92. The molecular formula is C14H16N4. The first kappa shape index (κ1) is 12.2. The Morgan fingerprint density at radius 1 is 1.39 bits per heavy atom. The molecular weight excluding hydrogens is 224 g/mol. The first-order valence-electron chi connectivity index (χ1n) is 5.96. The first-order chi connectivity index (χ1) is 8.74. The number of rotatable bonds is 4. The van der Waals surface area contributed by atoms with Gasteiger partial charge in [0.15, 0.2) is 0 Å². The first-order valence-corrected chi connectivity index (χ1v) is 5.96. The van der Waals surface area contributed by atoms with Crippen molar-refractivity contribution in [2.45, 2.75) is 20.0 Å². The van der Waals surface area contributed by atoms with Crippen LogP contribution in [0.15, 0.2) is 36.7 Å². The van der Waals surface area contributed by atoms with Crippen molar-refractivity contribution >= 4 is 5.69 Å². The van der Waals surface area contributed by atoms with E-state index in [1.165, 1.54) is 0 Å². The average Bonchev–Trinajstić information content (AvgIpc) is 2.86. The topological polar surface area (TPSA) is 44.9 Å². The molecule has 2 aromatic rings. The van der Waals surface area contributed by atoms with Gasteiger partial charge in [-0.25, -0.2) is 0 Å². The molecule has 0 amide bonds. The van der Waals surface area contributed by atoms with Crippen LogP contribution in [-0.4, -0.2) is 16.8 Å². The summed E-state index contributed by atoms with van der Waals surface area (Å²) in [6.45, 7) is 3.68. The Morgan fingerprint density at radius 2 is 2.17 bits per heavy atom. The second-order valence-corrected chi connectivity index (χ2v) is 4.19. The minimum absolute atomic E-state index is 0.697. The van der Waals surface area contributed by atoms with Crippen LogP contribution in [0.2, 0.25) is 0 Å². The van der Waals surface area contributed by atoms with Gasteiger partial charge in [-0.15, -0.1) is 0 Å². The highest BCUT2D eigenvalue weighted by Crippen LogP contribution is 2.19. The molecule has 0 saturated heterocycles. The largest absolute Gasteiger partial charge is 0.369 e. The van der Waals surface area contributed by atoms with Gasteiger partial charge in [0, 0.05) is 31.9 Å². The summed E-state index contributed by atoms with van der Waals surface area (Å²) < 4.78 is 1.90. The van der Waals surface area contributed by atoms with Crippen molar-refractivity contribution < 1.29 is 0 Å². The third-order valence-electron chi connectivity index (χ3n) is 2.87. The molecule has 0 bridgehead atoms. The Kier molecular flexibility index (Phi) is 3.63. The minimum atomic E-state index is 0.697. The molecule has 1 aromatic heterocycles. The number of aryl methyl sites for hydroxylation is 1. The van der Waals surface area contributed by atoms with Crippen molar-refractivity contribution in [2.75, 3.05) is 11.9 Å². The Morgan fingerprint density at radius 3 is 2.83 bits per heavy atom. The highest BCUT2D eigenvalue weighted by molar-refractivity contribution is 5.58. The predicted molar refractivity (Wildman–Crippen MR) is 71.2 cm³/mol. The lowest BCUT2D eigenvalue weighted by atomic mass is 10.1. The molecule has 1 heterocycles. The molecule has 92 valence electrons. The SMILES string of the molecule is CCn1cc(CN(C)c2ccccc2C#N)cn1. The van der Waals surface area contributed by atoms with E-state index in [1.54, 1.807) is 0 Å². The summed E-state index contributed by atoms with van der Waals surface area (Å²) in [5, 5.41) is 13.3. The second-order valence-electron chi connectivity index (χ2n) is 4.19. The van der Waals surface area contributed by atoms with E-state index in [4.69, 9.17) is 5.26 Å². The van der Waals surface area contributed by atoms with Gasteiger partial charge in [0.2, 0.25) is 0 Å². The fraction of sp³-hybridized carbons (Fsp3) is 0.286. The number of hydrogen-bond donors (Lipinski definition) is 0. The summed E-state index contributed by atoms with van der Waals surface area (Å²) >= 11 is 0. The molecule has 4 nitrogen and oxygen atoms in total. The molecule has 1 aromatic carbocycles. The summed E-state index contributed by atoms with van der Waals surface area (Å²) in [6, 6.07) is 9.84. The van der Waals surface area contributed by atoms with Crippen molar-refractivity contribution in [1.29, 1.82) is 5.26 Å². The number of para-hydroxylation sites is 1. The number of nitriles is 1. The van der Waals surface area contributed by atoms with Crippen LogP contribution in [0.5, 0.6) is 0 Å². The van der Waals surface area contributed by atoms with Crippen LogP contribution in [0.1, 0.15) is 18.1 Å². The zero-order valence-corrected chi connectivity index (χ0v) is 10.7. The molecule has 0 atom stereocenters. The van der Waals surface area contributed by atoms with E-state index >= 15 is 0 Å². The lowest BCUT2D eigenvalue weighted by Crippen LogP contribution is -2.17. The van der Waals surface area contributed by atoms with Gasteiger partial charge in [0.1, 0.15) is 6.07 Å². The van der Waals surface area contributed by atoms with Crippen LogP contribution in [0.25, 0.3) is 0 Å². The zero-order chi connectivity index (χ0) is 13.0. The molecule has 0 aliphatic heterocycles. The molecule has 0 unspecified atom stereocenters. The standard InChI is InChI=1S/C14H16N4/c1-3-18-11-12(9-16-18)10-17(2)14-7-5-4-6-13(14)8-15/h4-7,9,11H,3,10H2,1-2H3. The lowest BCUT2D eigenvalue weighted by Gasteiger charge is -2.19. The number of hydrogen-bond acceptors (Lipinski definition) is 3. The molecule has 4 heteroatoms. The normalized spacial score (nSPS) is 10.1. The molecule has 0 aliphatic rings. The van der Waals surface area contributed by atoms with E-state index in [0.29, 0.717) is 5.56 Å². The number of aromatic nitrogens is 2. The lowest BCUT2D eigenvalue weighted by molar-refractivity contribution is 0.659. The van der Waals surface area contributed by atoms with Gasteiger partial charge in [0.25, 0.3) is 0 Å². The van der Waals surface area contributed by atoms with E-state index in [-0.39, 0.29) is 0 Å². The van der Waals surface area contributed by atoms with Gasteiger partial charge in [-0.1, -0.05) is 12.1 Å². The number of anilines is 1. The van der Waals surface area contributed by atoms with Crippen molar-refractivity contribution in [2.24, 2.45) is 0 Å². The molecule has 0 N–H and O–H groups in total. The van der Waals surface area contributed by atoms with E-state index in [1.807, 2.05) is 48.4 Å². The minimum Gasteiger partial charge on any atom is -0.369 e. The third kappa shape index (κ3) is 2.51. The summed E-state index contributed by atoms with van der Waals surface area (Å²) in [5.74, 6) is 0. The summed E-state index contributed by atoms with van der Waals surface area (Å²) in [4.78, 5) is 2.07. The predicted octanol–water partition coefficient (Wildman–Crippen LogP) is 2.41. The van der Waals surface area contributed by atoms with Gasteiger partial charge in [-0.3, -0.25) is 4.68 Å². The van der Waals surface area contributed by atoms with E-state index in [9.17, 15) is 0 Å². The monoisotopic (exact) mass is 240 g/mol. The zero-order valence-electron chi connectivity index (χ0n) is 10.7. The third-order valence-corrected chi connectivity index (χ3v) is 2.87. The molecule has 0 aliphatic carbocycles. The molecule has 2 rings (SSSR count). The molecule has 18 heavy (non-hydrogen) atoms. The molecule has 0 spiro atoms. The summed E-state index contributed by atoms with van der Waals surface area (Å²) in [6.07, 6.45) is 3.90. The van der Waals surface area contributed by atoms with Crippen molar-refractivity contribution in [3.8, 4) is 6.07 Å². The van der Waals surface area contributed by atoms with Crippen LogP contribution in [0.4, 0.5) is 5.69 Å². The smallest absolute Gasteiger partial charge is 0.101 e. The molecule has 0 radical (unpaired) electrons. The van der Waals surface area contributed by atoms with Crippen LogP contribution in [-0.2, 0) is 13.1 Å². The van der Waals surface area contributed by atoms with Gasteiger partial charge in [-0.2, -0.15) is 10.4 Å². The number of benzene rings is 1. The van der Waals surface area contributed by atoms with Crippen molar-refractivity contribution in [1.82, 2.24) is 9.78 Å². The maximum Gasteiger partial charge on any atom is 0.101 e. The average molecular weight is 240 g/mol. The van der Waals surface area contributed by atoms with Gasteiger partial charge in [0.05, 0.1) is 17.4 Å². The Bertz CT molecular complexity index is 565. The summed E-state index contributed by atoms with van der Waals surface area (Å²) in [7, 11) is 1.99. The Balaban J connectivity index is 2.17. The molecule has 0 fully saturated rings. The van der Waals surface area contributed by atoms with Crippen LogP contribution >= 0.6 is 0 Å². The summed E-state index contributed by atoms with van der Waals surface area (Å²) in [5.41, 5.74) is 2.79. The van der Waals surface area contributed by atoms with Crippen LogP contribution in [0, 0.1) is 11.3 Å². The van der Waals surface area contributed by atoms with Gasteiger partial charge in [-0.05, 0) is 19.1 Å². The fourth-order valence-corrected chi connectivity index (χ4v) is 1.92. The van der Waals surface area contributed by atoms with Gasteiger partial charge < -0.3 is 4.90 Å².